The predicted molar refractivity (Wildman–Crippen MR) is 56.6 cm³/mol. The molecule has 0 aromatic rings. The fourth-order valence-corrected chi connectivity index (χ4v) is 2.86. The van der Waals surface area contributed by atoms with Crippen LogP contribution in [0.15, 0.2) is 0 Å². The molecule has 5 heteroatoms. The van der Waals surface area contributed by atoms with E-state index in [9.17, 15) is 20.1 Å². The van der Waals surface area contributed by atoms with Crippen molar-refractivity contribution in [3.8, 4) is 0 Å². The summed E-state index contributed by atoms with van der Waals surface area (Å²) in [4.78, 5) is 13.4. The lowest BCUT2D eigenvalue weighted by molar-refractivity contribution is -0.140. The molecule has 0 aromatic carbocycles. The first-order valence-corrected chi connectivity index (χ1v) is 5.91. The van der Waals surface area contributed by atoms with Gasteiger partial charge < -0.3 is 20.2 Å². The predicted octanol–water partition coefficient (Wildman–Crippen LogP) is -0.899. The molecule has 0 spiro atoms. The number of rotatable bonds is 2. The van der Waals surface area contributed by atoms with Crippen molar-refractivity contribution in [2.24, 2.45) is 5.92 Å². The Morgan fingerprint density at radius 3 is 2.69 bits per heavy atom. The normalized spacial score (nSPS) is 40.4. The van der Waals surface area contributed by atoms with Gasteiger partial charge in [-0.2, -0.15) is 0 Å². The van der Waals surface area contributed by atoms with E-state index in [2.05, 4.69) is 0 Å². The molecule has 2 aliphatic rings. The Bertz CT molecular complexity index is 271. The first kappa shape index (κ1) is 11.8. The number of aliphatic hydroxyl groups is 3. The quantitative estimate of drug-likeness (QED) is 0.573. The minimum atomic E-state index is -0.917. The maximum atomic E-state index is 11.7. The van der Waals surface area contributed by atoms with Gasteiger partial charge in [-0.3, -0.25) is 4.79 Å². The molecule has 0 radical (unpaired) electrons. The van der Waals surface area contributed by atoms with Gasteiger partial charge in [0.15, 0.2) is 0 Å². The van der Waals surface area contributed by atoms with E-state index in [0.717, 1.165) is 12.8 Å². The van der Waals surface area contributed by atoms with Crippen LogP contribution in [-0.2, 0) is 4.79 Å². The molecule has 1 aliphatic carbocycles. The summed E-state index contributed by atoms with van der Waals surface area (Å²) in [5.41, 5.74) is 0. The van der Waals surface area contributed by atoms with Crippen molar-refractivity contribution >= 4 is 5.91 Å². The fraction of sp³-hybridized carbons (Fsp3) is 0.909. The summed E-state index contributed by atoms with van der Waals surface area (Å²) in [5.74, 6) is -0.171. The Labute approximate surface area is 94.7 Å². The highest BCUT2D eigenvalue weighted by Crippen LogP contribution is 2.32. The number of carbonyl (C=O) groups excluding carboxylic acids is 1. The third kappa shape index (κ3) is 1.95. The first-order valence-electron chi connectivity index (χ1n) is 5.91. The molecule has 0 unspecified atom stereocenters. The highest BCUT2D eigenvalue weighted by Gasteiger charge is 2.46. The zero-order valence-electron chi connectivity index (χ0n) is 9.25. The van der Waals surface area contributed by atoms with Gasteiger partial charge in [0.05, 0.1) is 12.1 Å². The second kappa shape index (κ2) is 4.69. The van der Waals surface area contributed by atoms with Crippen molar-refractivity contribution in [3.63, 3.8) is 0 Å². The molecular formula is C11H19NO4. The third-order valence-corrected chi connectivity index (χ3v) is 3.73. The van der Waals surface area contributed by atoms with Gasteiger partial charge >= 0.3 is 0 Å². The van der Waals surface area contributed by atoms with Gasteiger partial charge in [0.1, 0.15) is 6.10 Å². The van der Waals surface area contributed by atoms with E-state index in [4.69, 9.17) is 0 Å². The lowest BCUT2D eigenvalue weighted by atomic mass is 9.99. The van der Waals surface area contributed by atoms with E-state index in [1.807, 2.05) is 0 Å². The van der Waals surface area contributed by atoms with E-state index in [1.165, 1.54) is 0 Å². The monoisotopic (exact) mass is 229 g/mol. The minimum Gasteiger partial charge on any atom is -0.396 e. The summed E-state index contributed by atoms with van der Waals surface area (Å²) in [6.45, 7) is 0.534. The maximum Gasteiger partial charge on any atom is 0.222 e. The number of hydrogen-bond acceptors (Lipinski definition) is 4. The molecule has 92 valence electrons. The lowest BCUT2D eigenvalue weighted by Gasteiger charge is -2.37. The van der Waals surface area contributed by atoms with Crippen LogP contribution in [0.25, 0.3) is 0 Å². The van der Waals surface area contributed by atoms with Crippen LogP contribution in [0.4, 0.5) is 0 Å². The van der Waals surface area contributed by atoms with Gasteiger partial charge in [0.2, 0.25) is 5.91 Å². The molecule has 2 fully saturated rings. The third-order valence-electron chi connectivity index (χ3n) is 3.73. The van der Waals surface area contributed by atoms with Crippen LogP contribution in [-0.4, -0.2) is 57.5 Å². The minimum absolute atomic E-state index is 0.0304. The van der Waals surface area contributed by atoms with Crippen LogP contribution in [0.2, 0.25) is 0 Å². The van der Waals surface area contributed by atoms with E-state index in [0.29, 0.717) is 19.4 Å². The van der Waals surface area contributed by atoms with Gasteiger partial charge in [-0.1, -0.05) is 0 Å². The second-order valence-electron chi connectivity index (χ2n) is 4.77. The van der Waals surface area contributed by atoms with E-state index < -0.39 is 18.2 Å². The molecule has 0 aromatic heterocycles. The van der Waals surface area contributed by atoms with Gasteiger partial charge in [-0.15, -0.1) is 0 Å². The smallest absolute Gasteiger partial charge is 0.222 e. The van der Waals surface area contributed by atoms with Gasteiger partial charge in [-0.25, -0.2) is 0 Å². The molecular weight excluding hydrogens is 210 g/mol. The fourth-order valence-electron chi connectivity index (χ4n) is 2.86. The number of carbonyl (C=O) groups is 1. The van der Waals surface area contributed by atoms with Crippen LogP contribution >= 0.6 is 0 Å². The molecule has 3 N–H and O–H groups in total. The Kier molecular flexibility index (Phi) is 3.47. The molecule has 4 atom stereocenters. The van der Waals surface area contributed by atoms with E-state index in [-0.39, 0.29) is 18.4 Å². The standard InChI is InChI=1S/C11H19NO4/c13-6-7-5-8(14)11(16)10(7)12-4-2-1-3-9(12)15/h7-8,10-11,13-14,16H,1-6H2/t7-,8+,10+,11+/m1/s1. The van der Waals surface area contributed by atoms with Crippen LogP contribution in [0.5, 0.6) is 0 Å². The number of piperidine rings is 1. The Morgan fingerprint density at radius 2 is 2.06 bits per heavy atom. The summed E-state index contributed by atoms with van der Waals surface area (Å²) in [6, 6.07) is -0.409. The molecule has 1 saturated carbocycles. The summed E-state index contributed by atoms with van der Waals surface area (Å²) in [5, 5.41) is 28.7. The van der Waals surface area contributed by atoms with Gasteiger partial charge in [-0.05, 0) is 19.3 Å². The highest BCUT2D eigenvalue weighted by atomic mass is 16.3. The second-order valence-corrected chi connectivity index (χ2v) is 4.77. The number of amides is 1. The van der Waals surface area contributed by atoms with Crippen LogP contribution in [0.1, 0.15) is 25.7 Å². The average molecular weight is 229 g/mol. The first-order chi connectivity index (χ1) is 7.65. The molecule has 5 nitrogen and oxygen atoms in total. The Morgan fingerprint density at radius 1 is 1.31 bits per heavy atom. The number of aliphatic hydroxyl groups excluding tert-OH is 3. The molecule has 1 heterocycles. The molecule has 1 amide bonds. The van der Waals surface area contributed by atoms with Crippen LogP contribution in [0, 0.1) is 5.92 Å². The number of nitrogens with zero attached hydrogens (tertiary/aromatic N) is 1. The maximum absolute atomic E-state index is 11.7. The summed E-state index contributed by atoms with van der Waals surface area (Å²) >= 11 is 0. The number of hydrogen-bond donors (Lipinski definition) is 3. The van der Waals surface area contributed by atoms with E-state index >= 15 is 0 Å². The summed E-state index contributed by atoms with van der Waals surface area (Å²) in [7, 11) is 0. The van der Waals surface area contributed by atoms with Crippen molar-refractivity contribution < 1.29 is 20.1 Å². The van der Waals surface area contributed by atoms with Crippen molar-refractivity contribution in [1.82, 2.24) is 4.90 Å². The molecule has 16 heavy (non-hydrogen) atoms. The lowest BCUT2D eigenvalue weighted by Crippen LogP contribution is -2.51. The molecule has 0 bridgehead atoms. The molecule has 1 saturated heterocycles. The van der Waals surface area contributed by atoms with Crippen molar-refractivity contribution in [3.05, 3.63) is 0 Å². The Hall–Kier alpha value is -0.650. The van der Waals surface area contributed by atoms with E-state index in [1.54, 1.807) is 4.90 Å². The largest absolute Gasteiger partial charge is 0.396 e. The van der Waals surface area contributed by atoms with Crippen molar-refractivity contribution in [1.29, 1.82) is 0 Å². The average Bonchev–Trinajstić information content (AvgIpc) is 2.56. The summed E-state index contributed by atoms with van der Waals surface area (Å²) in [6.07, 6.45) is 0.966. The van der Waals surface area contributed by atoms with Crippen LogP contribution in [0.3, 0.4) is 0 Å². The van der Waals surface area contributed by atoms with Crippen molar-refractivity contribution in [2.75, 3.05) is 13.2 Å². The highest BCUT2D eigenvalue weighted by molar-refractivity contribution is 5.77. The zero-order chi connectivity index (χ0) is 11.7. The zero-order valence-corrected chi connectivity index (χ0v) is 9.25. The molecule has 2 rings (SSSR count). The SMILES string of the molecule is O=C1CCCCN1[C@H]1[C@@H](CO)C[C@H](O)[C@@H]1O. The van der Waals surface area contributed by atoms with Gasteiger partial charge in [0, 0.05) is 25.5 Å². The number of likely N-dealkylation sites (tertiary alicyclic amines) is 1. The topological polar surface area (TPSA) is 81.0 Å². The summed E-state index contributed by atoms with van der Waals surface area (Å²) < 4.78 is 0. The van der Waals surface area contributed by atoms with Crippen LogP contribution < -0.4 is 0 Å². The molecule has 1 aliphatic heterocycles. The Balaban J connectivity index is 2.13. The van der Waals surface area contributed by atoms with Gasteiger partial charge in [0.25, 0.3) is 0 Å². The van der Waals surface area contributed by atoms with Crippen molar-refractivity contribution in [2.45, 2.75) is 43.9 Å².